The van der Waals surface area contributed by atoms with Crippen LogP contribution in [-0.4, -0.2) is 69.6 Å². The van der Waals surface area contributed by atoms with Gasteiger partial charge in [0.15, 0.2) is 5.89 Å². The quantitative estimate of drug-likeness (QED) is 0.733. The molecule has 0 aromatic carbocycles. The maximum absolute atomic E-state index is 12.7. The summed E-state index contributed by atoms with van der Waals surface area (Å²) < 4.78 is 5.44. The predicted octanol–water partition coefficient (Wildman–Crippen LogP) is 1.75. The highest BCUT2D eigenvalue weighted by molar-refractivity contribution is 5.94. The van der Waals surface area contributed by atoms with Gasteiger partial charge in [-0.1, -0.05) is 0 Å². The third-order valence-electron chi connectivity index (χ3n) is 4.43. The van der Waals surface area contributed by atoms with Gasteiger partial charge in [-0.05, 0) is 32.4 Å². The Morgan fingerprint density at radius 1 is 1.10 bits per heavy atom. The Balaban J connectivity index is 0.000000941. The van der Waals surface area contributed by atoms with Crippen LogP contribution in [0.15, 0.2) is 16.5 Å². The highest BCUT2D eigenvalue weighted by atomic mass is 16.4. The first kappa shape index (κ1) is 21.9. The molecular weight excluding hydrogens is 380 g/mol. The standard InChI is InChI=1S/C18H22N4O4.CH2O2/c1-11-5-6-14(18(24)25)16(19-11)21-7-4-8-22(10-9-21)17(23)15-12(2)20-13(3)26-15;2-1-3/h5-6H,4,7-10H2,1-3H3,(H,24,25);1H,(H,2,3). The molecule has 2 N–H and O–H groups in total. The predicted molar refractivity (Wildman–Crippen MR) is 103 cm³/mol. The van der Waals surface area contributed by atoms with Crippen molar-refractivity contribution in [2.45, 2.75) is 27.2 Å². The van der Waals surface area contributed by atoms with E-state index in [9.17, 15) is 14.7 Å². The van der Waals surface area contributed by atoms with Crippen LogP contribution in [0.3, 0.4) is 0 Å². The van der Waals surface area contributed by atoms with Gasteiger partial charge in [0.2, 0.25) is 5.76 Å². The monoisotopic (exact) mass is 404 g/mol. The SMILES string of the molecule is Cc1ccc(C(=O)O)c(N2CCCN(C(=O)c3oc(C)nc3C)CC2)n1.O=CO. The number of carbonyl (C=O) groups is 3. The van der Waals surface area contributed by atoms with E-state index >= 15 is 0 Å². The molecule has 1 saturated heterocycles. The van der Waals surface area contributed by atoms with Gasteiger partial charge in [0.1, 0.15) is 11.4 Å². The largest absolute Gasteiger partial charge is 0.483 e. The number of amides is 1. The molecule has 0 spiro atoms. The van der Waals surface area contributed by atoms with Gasteiger partial charge in [0, 0.05) is 38.8 Å². The van der Waals surface area contributed by atoms with Crippen molar-refractivity contribution < 1.29 is 29.0 Å². The van der Waals surface area contributed by atoms with Crippen molar-refractivity contribution in [2.24, 2.45) is 0 Å². The van der Waals surface area contributed by atoms with Crippen LogP contribution in [0.5, 0.6) is 0 Å². The molecule has 0 saturated carbocycles. The molecule has 3 rings (SSSR count). The molecule has 0 radical (unpaired) electrons. The lowest BCUT2D eigenvalue weighted by atomic mass is 10.2. The number of pyridine rings is 1. The molecule has 2 aromatic rings. The molecule has 10 heteroatoms. The van der Waals surface area contributed by atoms with Crippen molar-refractivity contribution in [1.82, 2.24) is 14.9 Å². The van der Waals surface area contributed by atoms with Crippen LogP contribution in [0.25, 0.3) is 0 Å². The normalized spacial score (nSPS) is 13.9. The molecular formula is C19H24N4O6. The molecule has 1 aliphatic heterocycles. The van der Waals surface area contributed by atoms with E-state index in [-0.39, 0.29) is 23.7 Å². The number of hydrogen-bond donors (Lipinski definition) is 2. The van der Waals surface area contributed by atoms with E-state index in [0.29, 0.717) is 50.0 Å². The molecule has 0 unspecified atom stereocenters. The van der Waals surface area contributed by atoms with Gasteiger partial charge in [0.05, 0.1) is 5.69 Å². The second-order valence-electron chi connectivity index (χ2n) is 6.51. The Hall–Kier alpha value is -3.43. The molecule has 1 fully saturated rings. The fraction of sp³-hybridized carbons (Fsp3) is 0.421. The summed E-state index contributed by atoms with van der Waals surface area (Å²) >= 11 is 0. The highest BCUT2D eigenvalue weighted by Crippen LogP contribution is 2.21. The topological polar surface area (TPSA) is 137 Å². The lowest BCUT2D eigenvalue weighted by molar-refractivity contribution is -0.122. The van der Waals surface area contributed by atoms with E-state index in [0.717, 1.165) is 5.69 Å². The van der Waals surface area contributed by atoms with Crippen molar-refractivity contribution in [3.8, 4) is 0 Å². The van der Waals surface area contributed by atoms with Crippen molar-refractivity contribution in [3.63, 3.8) is 0 Å². The maximum Gasteiger partial charge on any atom is 0.339 e. The fourth-order valence-electron chi connectivity index (χ4n) is 3.16. The first-order valence-corrected chi connectivity index (χ1v) is 9.05. The van der Waals surface area contributed by atoms with E-state index in [2.05, 4.69) is 9.97 Å². The van der Waals surface area contributed by atoms with Crippen LogP contribution in [-0.2, 0) is 4.79 Å². The number of nitrogens with zero attached hydrogens (tertiary/aromatic N) is 4. The first-order chi connectivity index (χ1) is 13.8. The molecule has 0 bridgehead atoms. The van der Waals surface area contributed by atoms with Crippen LogP contribution in [0.2, 0.25) is 0 Å². The summed E-state index contributed by atoms with van der Waals surface area (Å²) in [4.78, 5) is 44.8. The number of carbonyl (C=O) groups excluding carboxylic acids is 1. The third kappa shape index (κ3) is 5.31. The molecule has 156 valence electrons. The van der Waals surface area contributed by atoms with Crippen molar-refractivity contribution in [3.05, 3.63) is 40.7 Å². The smallest absolute Gasteiger partial charge is 0.339 e. The van der Waals surface area contributed by atoms with Crippen LogP contribution < -0.4 is 4.90 Å². The average Bonchev–Trinajstić information content (AvgIpc) is 2.86. The Labute approximate surface area is 167 Å². The number of carboxylic acids is 1. The van der Waals surface area contributed by atoms with Gasteiger partial charge in [-0.3, -0.25) is 9.59 Å². The third-order valence-corrected chi connectivity index (χ3v) is 4.43. The second-order valence-corrected chi connectivity index (χ2v) is 6.51. The van der Waals surface area contributed by atoms with Crippen molar-refractivity contribution in [2.75, 3.05) is 31.1 Å². The van der Waals surface area contributed by atoms with E-state index in [1.165, 1.54) is 0 Å². The van der Waals surface area contributed by atoms with Gasteiger partial charge in [-0.2, -0.15) is 0 Å². The summed E-state index contributed by atoms with van der Waals surface area (Å²) in [5.41, 5.74) is 1.52. The van der Waals surface area contributed by atoms with Gasteiger partial charge < -0.3 is 24.4 Å². The fourth-order valence-corrected chi connectivity index (χ4v) is 3.16. The first-order valence-electron chi connectivity index (χ1n) is 9.05. The van der Waals surface area contributed by atoms with Crippen LogP contribution >= 0.6 is 0 Å². The lowest BCUT2D eigenvalue weighted by Gasteiger charge is -2.24. The summed E-state index contributed by atoms with van der Waals surface area (Å²) in [6.07, 6.45) is 0.715. The number of carboxylic acid groups (broad SMARTS) is 2. The van der Waals surface area contributed by atoms with Gasteiger partial charge in [-0.15, -0.1) is 0 Å². The zero-order valence-corrected chi connectivity index (χ0v) is 16.6. The Kier molecular flexibility index (Phi) is 7.29. The van der Waals surface area contributed by atoms with E-state index in [1.54, 1.807) is 30.9 Å². The number of hydrogen-bond acceptors (Lipinski definition) is 7. The van der Waals surface area contributed by atoms with Crippen molar-refractivity contribution >= 4 is 24.2 Å². The van der Waals surface area contributed by atoms with E-state index in [4.69, 9.17) is 14.3 Å². The minimum atomic E-state index is -1.00. The van der Waals surface area contributed by atoms with Gasteiger partial charge >= 0.3 is 5.97 Å². The van der Waals surface area contributed by atoms with Crippen LogP contribution in [0.1, 0.15) is 44.6 Å². The number of rotatable bonds is 3. The van der Waals surface area contributed by atoms with E-state index < -0.39 is 5.97 Å². The van der Waals surface area contributed by atoms with E-state index in [1.807, 2.05) is 11.8 Å². The van der Waals surface area contributed by atoms with Gasteiger partial charge in [-0.25, -0.2) is 14.8 Å². The Morgan fingerprint density at radius 3 is 2.38 bits per heavy atom. The Bertz CT molecular complexity index is 895. The molecule has 1 aliphatic rings. The zero-order chi connectivity index (χ0) is 21.6. The molecule has 29 heavy (non-hydrogen) atoms. The zero-order valence-electron chi connectivity index (χ0n) is 16.6. The summed E-state index contributed by atoms with van der Waals surface area (Å²) in [5, 5.41) is 16.3. The summed E-state index contributed by atoms with van der Waals surface area (Å²) in [6, 6.07) is 3.27. The second kappa shape index (κ2) is 9.67. The molecule has 3 heterocycles. The lowest BCUT2D eigenvalue weighted by Crippen LogP contribution is -2.36. The maximum atomic E-state index is 12.7. The van der Waals surface area contributed by atoms with Crippen LogP contribution in [0, 0.1) is 20.8 Å². The molecule has 0 atom stereocenters. The minimum Gasteiger partial charge on any atom is -0.483 e. The number of aromatic nitrogens is 2. The number of oxazole rings is 1. The number of anilines is 1. The number of aryl methyl sites for hydroxylation is 3. The van der Waals surface area contributed by atoms with Crippen LogP contribution in [0.4, 0.5) is 5.82 Å². The molecule has 10 nitrogen and oxygen atoms in total. The summed E-state index contributed by atoms with van der Waals surface area (Å²) in [5.74, 6) is 0.0183. The van der Waals surface area contributed by atoms with Crippen molar-refractivity contribution in [1.29, 1.82) is 0 Å². The highest BCUT2D eigenvalue weighted by Gasteiger charge is 2.26. The van der Waals surface area contributed by atoms with Gasteiger partial charge in [0.25, 0.3) is 12.4 Å². The summed E-state index contributed by atoms with van der Waals surface area (Å²) in [6.45, 7) is 7.23. The Morgan fingerprint density at radius 2 is 1.79 bits per heavy atom. The number of aromatic carboxylic acids is 1. The average molecular weight is 404 g/mol. The molecule has 2 aromatic heterocycles. The molecule has 1 amide bonds. The summed E-state index contributed by atoms with van der Waals surface area (Å²) in [7, 11) is 0. The minimum absolute atomic E-state index is 0.178. The molecule has 0 aliphatic carbocycles.